The van der Waals surface area contributed by atoms with Gasteiger partial charge >= 0.3 is 5.97 Å². The van der Waals surface area contributed by atoms with Crippen LogP contribution in [0.2, 0.25) is 0 Å². The first-order valence-corrected chi connectivity index (χ1v) is 15.7. The molecule has 0 unspecified atom stereocenters. The number of benzene rings is 3. The van der Waals surface area contributed by atoms with E-state index in [1.165, 1.54) is 29.7 Å². The second-order valence-corrected chi connectivity index (χ2v) is 13.3. The van der Waals surface area contributed by atoms with Crippen LogP contribution in [0.5, 0.6) is 5.75 Å². The van der Waals surface area contributed by atoms with Crippen LogP contribution in [0.25, 0.3) is 0 Å². The van der Waals surface area contributed by atoms with E-state index in [9.17, 15) is 14.3 Å². The summed E-state index contributed by atoms with van der Waals surface area (Å²) in [6.07, 6.45) is 4.38. The van der Waals surface area contributed by atoms with E-state index in [1.807, 2.05) is 51.1 Å². The molecule has 3 aromatic rings. The first kappa shape index (κ1) is 32.7. The fourth-order valence-electron chi connectivity index (χ4n) is 5.93. The number of nitrogens with one attached hydrogen (secondary N) is 1. The van der Waals surface area contributed by atoms with E-state index in [0.717, 1.165) is 31.2 Å². The van der Waals surface area contributed by atoms with Gasteiger partial charge in [0.05, 0.1) is 12.0 Å². The SMILES string of the molecule is CC(C)c1cccc(C2(NC[C@H](O)[C@H](Cc3cc(F)cc(OCc4ccccc4)c3)C(=O)OC(C)(C)C)CCCCC2)c1. The number of hydrogen-bond acceptors (Lipinski definition) is 5. The van der Waals surface area contributed by atoms with E-state index in [1.54, 1.807) is 6.07 Å². The molecule has 0 bridgehead atoms. The highest BCUT2D eigenvalue weighted by atomic mass is 19.1. The summed E-state index contributed by atoms with van der Waals surface area (Å²) in [6, 6.07) is 22.9. The Balaban J connectivity index is 1.54. The van der Waals surface area contributed by atoms with Gasteiger partial charge in [0.15, 0.2) is 0 Å². The summed E-state index contributed by atoms with van der Waals surface area (Å²) in [5.41, 5.74) is 3.04. The number of aliphatic hydroxyl groups is 1. The predicted molar refractivity (Wildman–Crippen MR) is 170 cm³/mol. The lowest BCUT2D eigenvalue weighted by Crippen LogP contribution is -2.50. The lowest BCUT2D eigenvalue weighted by molar-refractivity contribution is -0.164. The molecule has 4 rings (SSSR count). The van der Waals surface area contributed by atoms with Crippen LogP contribution in [0, 0.1) is 11.7 Å². The van der Waals surface area contributed by atoms with Crippen LogP contribution < -0.4 is 10.1 Å². The Hall–Kier alpha value is -3.22. The smallest absolute Gasteiger partial charge is 0.312 e. The first-order valence-electron chi connectivity index (χ1n) is 15.7. The number of rotatable bonds is 12. The molecule has 3 aromatic carbocycles. The van der Waals surface area contributed by atoms with Crippen molar-refractivity contribution in [3.05, 3.63) is 101 Å². The molecule has 1 saturated carbocycles. The Bertz CT molecular complexity index is 1330. The molecular formula is C37H48FNO4. The lowest BCUT2D eigenvalue weighted by Gasteiger charge is -2.40. The summed E-state index contributed by atoms with van der Waals surface area (Å²) in [5, 5.41) is 15.3. The second-order valence-electron chi connectivity index (χ2n) is 13.3. The Morgan fingerprint density at radius 2 is 1.67 bits per heavy atom. The molecule has 1 aliphatic rings. The summed E-state index contributed by atoms with van der Waals surface area (Å²) >= 11 is 0. The highest BCUT2D eigenvalue weighted by Crippen LogP contribution is 2.38. The molecule has 1 fully saturated rings. The predicted octanol–water partition coefficient (Wildman–Crippen LogP) is 7.84. The van der Waals surface area contributed by atoms with Gasteiger partial charge in [-0.3, -0.25) is 4.79 Å². The third-order valence-corrected chi connectivity index (χ3v) is 8.27. The summed E-state index contributed by atoms with van der Waals surface area (Å²) in [5.74, 6) is -1.06. The largest absolute Gasteiger partial charge is 0.489 e. The molecule has 2 N–H and O–H groups in total. The zero-order chi connectivity index (χ0) is 31.0. The summed E-state index contributed by atoms with van der Waals surface area (Å²) in [6.45, 7) is 10.3. The van der Waals surface area contributed by atoms with Crippen molar-refractivity contribution in [1.82, 2.24) is 5.32 Å². The van der Waals surface area contributed by atoms with Gasteiger partial charge in [0.2, 0.25) is 0 Å². The van der Waals surface area contributed by atoms with Crippen LogP contribution in [0.15, 0.2) is 72.8 Å². The molecule has 0 saturated heterocycles. The van der Waals surface area contributed by atoms with Crippen molar-refractivity contribution in [3.63, 3.8) is 0 Å². The topological polar surface area (TPSA) is 67.8 Å². The first-order chi connectivity index (χ1) is 20.4. The maximum absolute atomic E-state index is 14.7. The van der Waals surface area contributed by atoms with Crippen molar-refractivity contribution >= 4 is 5.97 Å². The van der Waals surface area contributed by atoms with E-state index in [4.69, 9.17) is 9.47 Å². The van der Waals surface area contributed by atoms with Crippen LogP contribution >= 0.6 is 0 Å². The van der Waals surface area contributed by atoms with E-state index in [0.29, 0.717) is 23.8 Å². The summed E-state index contributed by atoms with van der Waals surface area (Å²) < 4.78 is 26.4. The van der Waals surface area contributed by atoms with Crippen LogP contribution in [0.4, 0.5) is 4.39 Å². The van der Waals surface area contributed by atoms with Crippen molar-refractivity contribution in [2.75, 3.05) is 6.54 Å². The van der Waals surface area contributed by atoms with Crippen molar-refractivity contribution in [2.45, 2.75) is 103 Å². The number of ether oxygens (including phenoxy) is 2. The fraction of sp³-hybridized carbons (Fsp3) is 0.486. The number of carbonyl (C=O) groups is 1. The van der Waals surface area contributed by atoms with Gasteiger partial charge in [-0.2, -0.15) is 0 Å². The van der Waals surface area contributed by atoms with Gasteiger partial charge in [0.1, 0.15) is 23.8 Å². The molecule has 5 nitrogen and oxygen atoms in total. The summed E-state index contributed by atoms with van der Waals surface area (Å²) in [7, 11) is 0. The number of carbonyl (C=O) groups excluding carboxylic acids is 1. The van der Waals surface area contributed by atoms with Crippen LogP contribution in [-0.2, 0) is 28.1 Å². The number of hydrogen-bond donors (Lipinski definition) is 2. The minimum Gasteiger partial charge on any atom is -0.489 e. The molecule has 43 heavy (non-hydrogen) atoms. The highest BCUT2D eigenvalue weighted by molar-refractivity contribution is 5.74. The average molecular weight is 590 g/mol. The Morgan fingerprint density at radius 3 is 2.35 bits per heavy atom. The van der Waals surface area contributed by atoms with Crippen molar-refractivity contribution in [2.24, 2.45) is 5.92 Å². The van der Waals surface area contributed by atoms with E-state index >= 15 is 0 Å². The molecule has 0 aromatic heterocycles. The van der Waals surface area contributed by atoms with E-state index in [-0.39, 0.29) is 18.5 Å². The van der Waals surface area contributed by atoms with Gasteiger partial charge in [-0.05, 0) is 80.3 Å². The molecule has 0 radical (unpaired) electrons. The van der Waals surface area contributed by atoms with Gasteiger partial charge in [-0.1, -0.05) is 87.7 Å². The number of esters is 1. The second kappa shape index (κ2) is 14.5. The Kier molecular flexibility index (Phi) is 11.0. The van der Waals surface area contributed by atoms with Crippen LogP contribution in [-0.4, -0.2) is 29.3 Å². The third kappa shape index (κ3) is 9.38. The maximum Gasteiger partial charge on any atom is 0.312 e. The van der Waals surface area contributed by atoms with Gasteiger partial charge in [-0.25, -0.2) is 4.39 Å². The molecule has 1 aliphatic carbocycles. The van der Waals surface area contributed by atoms with Crippen LogP contribution in [0.1, 0.15) is 94.9 Å². The highest BCUT2D eigenvalue weighted by Gasteiger charge is 2.37. The number of halogens is 1. The molecule has 0 amide bonds. The average Bonchev–Trinajstić information content (AvgIpc) is 2.97. The van der Waals surface area contributed by atoms with Gasteiger partial charge in [-0.15, -0.1) is 0 Å². The zero-order valence-corrected chi connectivity index (χ0v) is 26.4. The van der Waals surface area contributed by atoms with Gasteiger partial charge in [0.25, 0.3) is 0 Å². The lowest BCUT2D eigenvalue weighted by atomic mass is 9.75. The molecular weight excluding hydrogens is 541 g/mol. The normalized spacial score (nSPS) is 16.5. The van der Waals surface area contributed by atoms with Crippen molar-refractivity contribution < 1.29 is 23.8 Å². The van der Waals surface area contributed by atoms with E-state index < -0.39 is 29.4 Å². The monoisotopic (exact) mass is 589 g/mol. The Labute approximate surface area is 256 Å². The minimum absolute atomic E-state index is 0.118. The maximum atomic E-state index is 14.7. The quantitative estimate of drug-likeness (QED) is 0.211. The third-order valence-electron chi connectivity index (χ3n) is 8.27. The van der Waals surface area contributed by atoms with E-state index in [2.05, 4.69) is 43.4 Å². The van der Waals surface area contributed by atoms with Gasteiger partial charge < -0.3 is 19.9 Å². The zero-order valence-electron chi connectivity index (χ0n) is 26.4. The molecule has 0 spiro atoms. The molecule has 6 heteroatoms. The molecule has 0 heterocycles. The van der Waals surface area contributed by atoms with Crippen molar-refractivity contribution in [3.8, 4) is 5.75 Å². The standard InChI is InChI=1S/C37H48FNO4/c1-26(2)29-15-12-16-30(22-29)37(17-10-7-11-18-37)39-24-34(40)33(35(41)43-36(3,4)5)21-28-19-31(38)23-32(20-28)42-25-27-13-8-6-9-14-27/h6,8-9,12-16,19-20,22-23,26,33-34,39-40H,7,10-11,17-18,21,24-25H2,1-5H3/t33-,34-/m0/s1. The molecule has 232 valence electrons. The molecule has 0 aliphatic heterocycles. The summed E-state index contributed by atoms with van der Waals surface area (Å²) in [4.78, 5) is 13.5. The molecule has 2 atom stereocenters. The fourth-order valence-corrected chi connectivity index (χ4v) is 5.93. The Morgan fingerprint density at radius 1 is 0.953 bits per heavy atom. The van der Waals surface area contributed by atoms with Gasteiger partial charge in [0, 0.05) is 18.2 Å². The minimum atomic E-state index is -1.04. The van der Waals surface area contributed by atoms with Crippen molar-refractivity contribution in [1.29, 1.82) is 0 Å². The van der Waals surface area contributed by atoms with Crippen LogP contribution in [0.3, 0.4) is 0 Å². The number of aliphatic hydroxyl groups excluding tert-OH is 1.